The molecule has 42 heavy (non-hydrogen) atoms. The van der Waals surface area contributed by atoms with Crippen molar-refractivity contribution in [1.82, 2.24) is 9.97 Å². The molecule has 0 bridgehead atoms. The maximum atomic E-state index is 13.2. The highest BCUT2D eigenvalue weighted by Gasteiger charge is 2.30. The van der Waals surface area contributed by atoms with Gasteiger partial charge in [0.1, 0.15) is 6.10 Å². The molecule has 5 rings (SSSR count). The molecule has 2 aliphatic heterocycles. The second-order valence-corrected chi connectivity index (χ2v) is 9.86. The summed E-state index contributed by atoms with van der Waals surface area (Å²) in [6, 6.07) is 9.78. The number of alkyl halides is 3. The van der Waals surface area contributed by atoms with Crippen LogP contribution in [0.1, 0.15) is 41.5 Å². The fraction of sp³-hybridized carbons (Fsp3) is 0.267. The minimum absolute atomic E-state index is 0. The van der Waals surface area contributed by atoms with Crippen molar-refractivity contribution in [3.8, 4) is 0 Å². The van der Waals surface area contributed by atoms with Crippen LogP contribution in [0.3, 0.4) is 0 Å². The van der Waals surface area contributed by atoms with Gasteiger partial charge in [0.25, 0.3) is 5.91 Å². The Hall–Kier alpha value is -4.22. The van der Waals surface area contributed by atoms with E-state index in [1.807, 2.05) is 0 Å². The first kappa shape index (κ1) is 30.7. The summed E-state index contributed by atoms with van der Waals surface area (Å²) in [6.07, 6.45) is 5.33. The van der Waals surface area contributed by atoms with E-state index in [0.29, 0.717) is 39.6 Å². The van der Waals surface area contributed by atoms with E-state index in [1.54, 1.807) is 36.7 Å². The molecule has 0 saturated carbocycles. The lowest BCUT2D eigenvalue weighted by molar-refractivity contribution is -0.137. The van der Waals surface area contributed by atoms with Gasteiger partial charge in [0.15, 0.2) is 0 Å². The molecule has 3 aromatic rings. The van der Waals surface area contributed by atoms with Gasteiger partial charge in [-0.1, -0.05) is 30.4 Å². The fourth-order valence-corrected chi connectivity index (χ4v) is 4.86. The first-order chi connectivity index (χ1) is 19.7. The van der Waals surface area contributed by atoms with Crippen molar-refractivity contribution in [3.63, 3.8) is 0 Å². The van der Waals surface area contributed by atoms with E-state index >= 15 is 0 Å². The Morgan fingerprint density at radius 1 is 1.02 bits per heavy atom. The van der Waals surface area contributed by atoms with Crippen LogP contribution >= 0.6 is 12.4 Å². The number of fused-ring (bicyclic) bond motifs is 1. The van der Waals surface area contributed by atoms with Crippen LogP contribution in [0.15, 0.2) is 73.1 Å². The van der Waals surface area contributed by atoms with Crippen molar-refractivity contribution < 1.29 is 27.9 Å². The number of benzene rings is 2. The quantitative estimate of drug-likeness (QED) is 0.259. The number of aliphatic hydroxyl groups is 1. The van der Waals surface area contributed by atoms with Crippen LogP contribution in [0.4, 0.5) is 30.5 Å². The first-order valence-electron chi connectivity index (χ1n) is 13.2. The predicted octanol–water partition coefficient (Wildman–Crippen LogP) is 5.39. The number of amides is 2. The Bertz CT molecular complexity index is 1490. The molecule has 1 fully saturated rings. The van der Waals surface area contributed by atoms with Crippen LogP contribution < -0.4 is 15.5 Å². The van der Waals surface area contributed by atoms with Crippen molar-refractivity contribution in [1.29, 1.82) is 0 Å². The summed E-state index contributed by atoms with van der Waals surface area (Å²) < 4.78 is 39.5. The second kappa shape index (κ2) is 13.2. The topological polar surface area (TPSA) is 107 Å². The predicted molar refractivity (Wildman–Crippen MR) is 156 cm³/mol. The van der Waals surface area contributed by atoms with Gasteiger partial charge in [-0.2, -0.15) is 13.2 Å². The largest absolute Gasteiger partial charge is 0.416 e. The molecule has 1 unspecified atom stereocenters. The van der Waals surface area contributed by atoms with E-state index in [1.165, 1.54) is 30.7 Å². The Morgan fingerprint density at radius 2 is 1.71 bits per heavy atom. The second-order valence-electron chi connectivity index (χ2n) is 9.86. The molecule has 1 aromatic heterocycles. The van der Waals surface area contributed by atoms with Crippen molar-refractivity contribution in [3.05, 3.63) is 95.3 Å². The molecule has 0 spiro atoms. The molecule has 0 radical (unpaired) electrons. The molecule has 0 aliphatic carbocycles. The standard InChI is InChI=1S/C30H28F3N5O3.ClH/c31-30(32,33)21-12-10-19(11-13-21)22(20-17-34-29(35-18-20)38-14-2-1-3-15-38)6-4-9-27(40)36-24-7-5-8-25-23(24)16-26(39)28(41)37-25;/h4-13,17-18,26,39H,1-3,14-16H2,(H,36,40)(H,37,41);1H/b9-4+,22-6-;. The zero-order valence-electron chi connectivity index (χ0n) is 22.4. The van der Waals surface area contributed by atoms with Gasteiger partial charge in [-0.15, -0.1) is 12.4 Å². The third-order valence-electron chi connectivity index (χ3n) is 7.01. The Balaban J connectivity index is 0.00000405. The van der Waals surface area contributed by atoms with Crippen molar-refractivity contribution >= 4 is 47.1 Å². The van der Waals surface area contributed by atoms with Crippen molar-refractivity contribution in [2.75, 3.05) is 28.6 Å². The van der Waals surface area contributed by atoms with Crippen LogP contribution in [0, 0.1) is 0 Å². The number of carbonyl (C=O) groups is 2. The summed E-state index contributed by atoms with van der Waals surface area (Å²) in [5.74, 6) is -0.373. The van der Waals surface area contributed by atoms with E-state index in [4.69, 9.17) is 0 Å². The summed E-state index contributed by atoms with van der Waals surface area (Å²) in [7, 11) is 0. The molecule has 220 valence electrons. The van der Waals surface area contributed by atoms with Crippen LogP contribution in [0.2, 0.25) is 0 Å². The highest BCUT2D eigenvalue weighted by Crippen LogP contribution is 2.32. The number of halogens is 4. The van der Waals surface area contributed by atoms with Crippen LogP contribution in [-0.4, -0.2) is 46.1 Å². The maximum absolute atomic E-state index is 13.2. The molecule has 2 amide bonds. The fourth-order valence-electron chi connectivity index (χ4n) is 4.86. The number of aliphatic hydroxyl groups excluding tert-OH is 1. The van der Waals surface area contributed by atoms with Gasteiger partial charge in [0, 0.05) is 60.5 Å². The molecule has 3 heterocycles. The van der Waals surface area contributed by atoms with Gasteiger partial charge in [0.2, 0.25) is 11.9 Å². The van der Waals surface area contributed by atoms with E-state index in [0.717, 1.165) is 38.1 Å². The number of aromatic nitrogens is 2. The van der Waals surface area contributed by atoms with Crippen LogP contribution in [0.5, 0.6) is 0 Å². The number of nitrogens with one attached hydrogen (secondary N) is 2. The third kappa shape index (κ3) is 7.15. The molecule has 1 atom stereocenters. The Labute approximate surface area is 246 Å². The summed E-state index contributed by atoms with van der Waals surface area (Å²) in [6.45, 7) is 1.74. The zero-order valence-corrected chi connectivity index (χ0v) is 23.2. The van der Waals surface area contributed by atoms with Gasteiger partial charge in [-0.05, 0) is 54.7 Å². The number of nitrogens with zero attached hydrogens (tertiary/aromatic N) is 3. The van der Waals surface area contributed by atoms with Gasteiger partial charge in [-0.3, -0.25) is 9.59 Å². The summed E-state index contributed by atoms with van der Waals surface area (Å²) in [4.78, 5) is 35.6. The number of hydrogen-bond donors (Lipinski definition) is 3. The van der Waals surface area contributed by atoms with Crippen LogP contribution in [-0.2, 0) is 22.2 Å². The van der Waals surface area contributed by atoms with Gasteiger partial charge < -0.3 is 20.6 Å². The normalized spacial score (nSPS) is 17.3. The van der Waals surface area contributed by atoms with Gasteiger partial charge >= 0.3 is 6.18 Å². The zero-order chi connectivity index (χ0) is 29.0. The first-order valence-corrected chi connectivity index (χ1v) is 13.2. The highest BCUT2D eigenvalue weighted by molar-refractivity contribution is 6.03. The lowest BCUT2D eigenvalue weighted by atomic mass is 9.98. The van der Waals surface area contributed by atoms with Gasteiger partial charge in [-0.25, -0.2) is 9.97 Å². The number of piperidine rings is 1. The minimum Gasteiger partial charge on any atom is -0.383 e. The van der Waals surface area contributed by atoms with E-state index in [9.17, 15) is 27.9 Å². The number of rotatable bonds is 6. The summed E-state index contributed by atoms with van der Waals surface area (Å²) in [5, 5.41) is 15.3. The van der Waals surface area contributed by atoms with Crippen molar-refractivity contribution in [2.45, 2.75) is 38.0 Å². The average Bonchev–Trinajstić information content (AvgIpc) is 2.97. The van der Waals surface area contributed by atoms with E-state index < -0.39 is 29.7 Å². The summed E-state index contributed by atoms with van der Waals surface area (Å²) >= 11 is 0. The highest BCUT2D eigenvalue weighted by atomic mass is 35.5. The van der Waals surface area contributed by atoms with Crippen molar-refractivity contribution in [2.24, 2.45) is 0 Å². The molecule has 3 N–H and O–H groups in total. The monoisotopic (exact) mass is 599 g/mol. The van der Waals surface area contributed by atoms with E-state index in [-0.39, 0.29) is 18.8 Å². The van der Waals surface area contributed by atoms with E-state index in [2.05, 4.69) is 25.5 Å². The molecule has 12 heteroatoms. The SMILES string of the molecule is Cl.O=C(/C=C/C=C(/c1ccc(C(F)(F)F)cc1)c1cnc(N2CCCCC2)nc1)Nc1cccc2c1CC(O)C(=O)N2. The average molecular weight is 600 g/mol. The van der Waals surface area contributed by atoms with Gasteiger partial charge in [0.05, 0.1) is 5.56 Å². The number of allylic oxidation sites excluding steroid dienone is 2. The lowest BCUT2D eigenvalue weighted by Gasteiger charge is -2.26. The summed E-state index contributed by atoms with van der Waals surface area (Å²) in [5.41, 5.74) is 2.42. The molecule has 1 saturated heterocycles. The molecular formula is C30H29ClF3N5O3. The molecule has 2 aromatic carbocycles. The van der Waals surface area contributed by atoms with Crippen LogP contribution in [0.25, 0.3) is 5.57 Å². The Kier molecular flexibility index (Phi) is 9.64. The molecular weight excluding hydrogens is 571 g/mol. The number of hydrogen-bond acceptors (Lipinski definition) is 6. The minimum atomic E-state index is -4.46. The molecule has 2 aliphatic rings. The number of carbonyl (C=O) groups excluding carboxylic acids is 2. The Morgan fingerprint density at radius 3 is 2.38 bits per heavy atom. The smallest absolute Gasteiger partial charge is 0.383 e. The maximum Gasteiger partial charge on any atom is 0.416 e. The third-order valence-corrected chi connectivity index (χ3v) is 7.01. The lowest BCUT2D eigenvalue weighted by Crippen LogP contribution is -2.34. The molecule has 8 nitrogen and oxygen atoms in total. The number of anilines is 3.